The number of sulfonamides is 1. The fraction of sp³-hybridized carbons (Fsp3) is 0. The Hall–Kier alpha value is -1.64. The van der Waals surface area contributed by atoms with Gasteiger partial charge in [-0.15, -0.1) is 0 Å². The molecule has 7 nitrogen and oxygen atoms in total. The molecular weight excluding hydrogens is 220 g/mol. The molecule has 8 heteroatoms. The Morgan fingerprint density at radius 2 is 1.73 bits per heavy atom. The molecule has 0 saturated heterocycles. The van der Waals surface area contributed by atoms with Crippen LogP contribution in [0.25, 0.3) is 0 Å². The quantitative estimate of drug-likeness (QED) is 0.405. The first-order valence-electron chi connectivity index (χ1n) is 3.84. The number of nitrogens with one attached hydrogen (secondary N) is 2. The molecule has 0 radical (unpaired) electrons. The normalized spacial score (nSPS) is 11.0. The van der Waals surface area contributed by atoms with Crippen molar-refractivity contribution < 1.29 is 13.2 Å². The molecule has 1 aromatic carbocycles. The topological polar surface area (TPSA) is 127 Å². The van der Waals surface area contributed by atoms with Gasteiger partial charge in [0.2, 0.25) is 0 Å². The number of benzene rings is 1. The summed E-state index contributed by atoms with van der Waals surface area (Å²) >= 11 is 0. The number of urea groups is 1. The molecule has 0 fully saturated rings. The fourth-order valence-corrected chi connectivity index (χ4v) is 1.56. The highest BCUT2D eigenvalue weighted by Crippen LogP contribution is 2.12. The summed E-state index contributed by atoms with van der Waals surface area (Å²) in [5, 5.41) is 2.29. The molecule has 0 aromatic heterocycles. The predicted octanol–water partition coefficient (Wildman–Crippen LogP) is -0.671. The van der Waals surface area contributed by atoms with E-state index in [1.165, 1.54) is 24.3 Å². The summed E-state index contributed by atoms with van der Waals surface area (Å²) in [4.78, 5) is 12.1. The Morgan fingerprint density at radius 1 is 1.20 bits per heavy atom. The van der Waals surface area contributed by atoms with Crippen LogP contribution in [-0.2, 0) is 10.0 Å². The zero-order valence-corrected chi connectivity index (χ0v) is 8.41. The summed E-state index contributed by atoms with van der Waals surface area (Å²) in [6.45, 7) is 0. The van der Waals surface area contributed by atoms with Gasteiger partial charge >= 0.3 is 6.03 Å². The van der Waals surface area contributed by atoms with E-state index in [4.69, 9.17) is 11.6 Å². The lowest BCUT2D eigenvalue weighted by Crippen LogP contribution is -2.30. The van der Waals surface area contributed by atoms with Gasteiger partial charge in [0.05, 0.1) is 4.90 Å². The average Bonchev–Trinajstić information content (AvgIpc) is 2.18. The maximum atomic E-state index is 11.2. The molecule has 6 N–H and O–H groups in total. The van der Waals surface area contributed by atoms with Crippen LogP contribution in [0.5, 0.6) is 0 Å². The zero-order valence-electron chi connectivity index (χ0n) is 7.60. The van der Waals surface area contributed by atoms with Crippen molar-refractivity contribution in [3.63, 3.8) is 0 Å². The molecule has 82 valence electrons. The minimum absolute atomic E-state index is 0.0000189. The van der Waals surface area contributed by atoms with Crippen LogP contribution < -0.4 is 21.7 Å². The van der Waals surface area contributed by atoms with Crippen LogP contribution in [0.2, 0.25) is 0 Å². The largest absolute Gasteiger partial charge is 0.351 e. The van der Waals surface area contributed by atoms with Crippen molar-refractivity contribution in [1.82, 2.24) is 4.83 Å². The van der Waals surface area contributed by atoms with Gasteiger partial charge in [-0.25, -0.2) is 13.2 Å². The molecule has 15 heavy (non-hydrogen) atoms. The van der Waals surface area contributed by atoms with Crippen LogP contribution in [0.15, 0.2) is 29.2 Å². The molecule has 0 unspecified atom stereocenters. The van der Waals surface area contributed by atoms with E-state index in [9.17, 15) is 13.2 Å². The number of hydrazine groups is 1. The number of carbonyl (C=O) groups excluding carboxylic acids is 1. The Morgan fingerprint density at radius 3 is 2.13 bits per heavy atom. The first-order chi connectivity index (χ1) is 6.95. The Balaban J connectivity index is 2.95. The number of nitrogens with two attached hydrogens (primary N) is 2. The van der Waals surface area contributed by atoms with Gasteiger partial charge in [-0.2, -0.15) is 4.83 Å². The smallest absolute Gasteiger partial charge is 0.316 e. The van der Waals surface area contributed by atoms with E-state index in [0.717, 1.165) is 0 Å². The summed E-state index contributed by atoms with van der Waals surface area (Å²) < 4.78 is 22.4. The van der Waals surface area contributed by atoms with Crippen LogP contribution in [-0.4, -0.2) is 14.4 Å². The molecule has 2 amide bonds. The molecule has 0 aliphatic rings. The molecule has 1 aromatic rings. The predicted molar refractivity (Wildman–Crippen MR) is 54.2 cm³/mol. The third-order valence-corrected chi connectivity index (χ3v) is 2.79. The lowest BCUT2D eigenvalue weighted by Gasteiger charge is -2.04. The summed E-state index contributed by atoms with van der Waals surface area (Å²) in [5.74, 6) is 4.83. The number of hydrogen-bond acceptors (Lipinski definition) is 4. The molecule has 0 bridgehead atoms. The number of hydrogen-bond donors (Lipinski definition) is 4. The van der Waals surface area contributed by atoms with E-state index in [0.29, 0.717) is 5.69 Å². The van der Waals surface area contributed by atoms with Gasteiger partial charge in [0.1, 0.15) is 0 Å². The Kier molecular flexibility index (Phi) is 3.24. The second-order valence-corrected chi connectivity index (χ2v) is 4.35. The highest BCUT2D eigenvalue weighted by molar-refractivity contribution is 7.89. The fourth-order valence-electron chi connectivity index (χ4n) is 0.928. The SMILES string of the molecule is NNS(=O)(=O)c1ccc(NC(N)=O)cc1. The molecule has 0 saturated carbocycles. The minimum Gasteiger partial charge on any atom is -0.351 e. The van der Waals surface area contributed by atoms with Crippen LogP contribution in [0.1, 0.15) is 0 Å². The van der Waals surface area contributed by atoms with E-state index in [1.54, 1.807) is 4.83 Å². The number of primary amides is 1. The van der Waals surface area contributed by atoms with E-state index in [1.807, 2.05) is 0 Å². The molecule has 0 heterocycles. The lowest BCUT2D eigenvalue weighted by atomic mass is 10.3. The maximum absolute atomic E-state index is 11.2. The summed E-state index contributed by atoms with van der Waals surface area (Å²) in [5.41, 5.74) is 5.28. The van der Waals surface area contributed by atoms with Gasteiger partial charge in [0.25, 0.3) is 10.0 Å². The van der Waals surface area contributed by atoms with Crippen molar-refractivity contribution in [2.45, 2.75) is 4.90 Å². The van der Waals surface area contributed by atoms with Crippen molar-refractivity contribution in [2.24, 2.45) is 11.6 Å². The number of rotatable bonds is 3. The third-order valence-electron chi connectivity index (χ3n) is 1.59. The average molecular weight is 230 g/mol. The molecular formula is C7H10N4O3S. The van der Waals surface area contributed by atoms with E-state index < -0.39 is 16.1 Å². The lowest BCUT2D eigenvalue weighted by molar-refractivity contribution is 0.259. The number of amides is 2. The molecule has 0 atom stereocenters. The van der Waals surface area contributed by atoms with Crippen LogP contribution >= 0.6 is 0 Å². The van der Waals surface area contributed by atoms with Gasteiger partial charge in [-0.05, 0) is 24.3 Å². The summed E-state index contributed by atoms with van der Waals surface area (Å²) in [6.07, 6.45) is 0. The van der Waals surface area contributed by atoms with E-state index in [2.05, 4.69) is 5.32 Å². The van der Waals surface area contributed by atoms with Crippen LogP contribution in [0.4, 0.5) is 10.5 Å². The second kappa shape index (κ2) is 4.26. The van der Waals surface area contributed by atoms with Crippen LogP contribution in [0.3, 0.4) is 0 Å². The van der Waals surface area contributed by atoms with Gasteiger partial charge in [-0.1, -0.05) is 0 Å². The molecule has 1 rings (SSSR count). The Bertz CT molecular complexity index is 454. The van der Waals surface area contributed by atoms with Crippen molar-refractivity contribution in [1.29, 1.82) is 0 Å². The van der Waals surface area contributed by atoms with Gasteiger partial charge < -0.3 is 11.1 Å². The van der Waals surface area contributed by atoms with Gasteiger partial charge in [-0.3, -0.25) is 5.84 Å². The van der Waals surface area contributed by atoms with E-state index >= 15 is 0 Å². The Labute approximate surface area is 86.5 Å². The van der Waals surface area contributed by atoms with Crippen molar-refractivity contribution >= 4 is 21.7 Å². The highest BCUT2D eigenvalue weighted by atomic mass is 32.2. The van der Waals surface area contributed by atoms with E-state index in [-0.39, 0.29) is 4.90 Å². The van der Waals surface area contributed by atoms with Gasteiger partial charge in [0, 0.05) is 5.69 Å². The molecule has 0 aliphatic carbocycles. The molecule has 0 aliphatic heterocycles. The van der Waals surface area contributed by atoms with Crippen molar-refractivity contribution in [2.75, 3.05) is 5.32 Å². The minimum atomic E-state index is -3.66. The third kappa shape index (κ3) is 2.91. The highest BCUT2D eigenvalue weighted by Gasteiger charge is 2.10. The molecule has 0 spiro atoms. The number of anilines is 1. The van der Waals surface area contributed by atoms with Crippen molar-refractivity contribution in [3.05, 3.63) is 24.3 Å². The standard InChI is InChI=1S/C7H10N4O3S/c8-7(12)10-5-1-3-6(4-2-5)15(13,14)11-9/h1-4,11H,9H2,(H3,8,10,12). The van der Waals surface area contributed by atoms with Crippen molar-refractivity contribution in [3.8, 4) is 0 Å². The monoisotopic (exact) mass is 230 g/mol. The first kappa shape index (κ1) is 11.4. The maximum Gasteiger partial charge on any atom is 0.316 e. The second-order valence-electron chi connectivity index (χ2n) is 2.63. The summed E-state index contributed by atoms with van der Waals surface area (Å²) in [6, 6.07) is 4.66. The first-order valence-corrected chi connectivity index (χ1v) is 5.33. The van der Waals surface area contributed by atoms with Gasteiger partial charge in [0.15, 0.2) is 0 Å². The van der Waals surface area contributed by atoms with Crippen LogP contribution in [0, 0.1) is 0 Å². The number of carbonyl (C=O) groups is 1. The zero-order chi connectivity index (χ0) is 11.5. The summed E-state index contributed by atoms with van der Waals surface area (Å²) in [7, 11) is -3.66.